The monoisotopic (exact) mass is 395 g/mol. The van der Waals surface area contributed by atoms with Gasteiger partial charge in [-0.3, -0.25) is 4.79 Å². The van der Waals surface area contributed by atoms with E-state index in [0.29, 0.717) is 32.1 Å². The second-order valence-electron chi connectivity index (χ2n) is 5.88. The van der Waals surface area contributed by atoms with Crippen LogP contribution in [0.1, 0.15) is 13.8 Å². The van der Waals surface area contributed by atoms with Crippen LogP contribution in [0.5, 0.6) is 5.75 Å². The minimum atomic E-state index is -1.10. The number of ether oxygens (including phenoxy) is 1. The molecule has 0 spiro atoms. The van der Waals surface area contributed by atoms with E-state index in [1.165, 1.54) is 11.3 Å². The van der Waals surface area contributed by atoms with Crippen LogP contribution in [0.2, 0.25) is 10.0 Å². The Morgan fingerprint density at radius 2 is 1.92 bits per heavy atom. The maximum atomic E-state index is 12.6. The number of halogens is 2. The van der Waals surface area contributed by atoms with E-state index in [0.717, 1.165) is 4.70 Å². The molecule has 2 aromatic carbocycles. The molecule has 3 aromatic rings. The molecule has 0 unspecified atom stereocenters. The van der Waals surface area contributed by atoms with Crippen LogP contribution in [0.25, 0.3) is 10.2 Å². The fourth-order valence-electron chi connectivity index (χ4n) is 2.20. The SMILES string of the molecule is CC(C)(Oc1ccc(Cl)cc1)C(=O)Nc1cc(Cl)c2nc(N)sc2c1. The second-order valence-corrected chi connectivity index (χ2v) is 7.78. The summed E-state index contributed by atoms with van der Waals surface area (Å²) in [6.45, 7) is 3.36. The molecule has 3 rings (SSSR count). The molecule has 0 saturated carbocycles. The number of nitrogens with zero attached hydrogens (tertiary/aromatic N) is 1. The summed E-state index contributed by atoms with van der Waals surface area (Å²) in [6, 6.07) is 10.2. The predicted octanol–water partition coefficient (Wildman–Crippen LogP) is 4.98. The Kier molecular flexibility index (Phi) is 4.77. The zero-order chi connectivity index (χ0) is 18.2. The van der Waals surface area contributed by atoms with E-state index in [1.807, 2.05) is 0 Å². The Morgan fingerprint density at radius 3 is 2.60 bits per heavy atom. The second kappa shape index (κ2) is 6.71. The van der Waals surface area contributed by atoms with Gasteiger partial charge >= 0.3 is 0 Å². The van der Waals surface area contributed by atoms with Gasteiger partial charge in [-0.1, -0.05) is 34.5 Å². The Morgan fingerprint density at radius 1 is 1.24 bits per heavy atom. The summed E-state index contributed by atoms with van der Waals surface area (Å²) < 4.78 is 6.58. The van der Waals surface area contributed by atoms with Gasteiger partial charge in [0, 0.05) is 10.7 Å². The molecule has 0 radical (unpaired) electrons. The number of aromatic nitrogens is 1. The molecule has 0 aliphatic rings. The van der Waals surface area contributed by atoms with Gasteiger partial charge in [0.25, 0.3) is 5.91 Å². The highest BCUT2D eigenvalue weighted by Gasteiger charge is 2.30. The van der Waals surface area contributed by atoms with Gasteiger partial charge in [0.05, 0.1) is 9.72 Å². The zero-order valence-corrected chi connectivity index (χ0v) is 15.8. The standard InChI is InChI=1S/C17H15Cl2N3O2S/c1-17(2,24-11-5-3-9(18)4-6-11)15(23)21-10-7-12(19)14-13(8-10)25-16(20)22-14/h3-8H,1-2H3,(H2,20,22)(H,21,23). The first-order valence-electron chi connectivity index (χ1n) is 7.36. The quantitative estimate of drug-likeness (QED) is 0.652. The van der Waals surface area contributed by atoms with Gasteiger partial charge in [0.15, 0.2) is 10.7 Å². The van der Waals surface area contributed by atoms with Crippen molar-refractivity contribution in [3.05, 3.63) is 46.4 Å². The lowest BCUT2D eigenvalue weighted by atomic mass is 10.1. The number of fused-ring (bicyclic) bond motifs is 1. The van der Waals surface area contributed by atoms with Crippen molar-refractivity contribution in [2.24, 2.45) is 0 Å². The molecular weight excluding hydrogens is 381 g/mol. The largest absolute Gasteiger partial charge is 0.478 e. The van der Waals surface area contributed by atoms with Crippen molar-refractivity contribution < 1.29 is 9.53 Å². The van der Waals surface area contributed by atoms with Crippen molar-refractivity contribution in [1.29, 1.82) is 0 Å². The van der Waals surface area contributed by atoms with Crippen molar-refractivity contribution >= 4 is 61.5 Å². The van der Waals surface area contributed by atoms with Gasteiger partial charge in [-0.05, 0) is 50.2 Å². The van der Waals surface area contributed by atoms with E-state index in [4.69, 9.17) is 33.7 Å². The van der Waals surface area contributed by atoms with E-state index in [2.05, 4.69) is 10.3 Å². The molecule has 0 fully saturated rings. The molecule has 0 aliphatic heterocycles. The molecule has 5 nitrogen and oxygen atoms in total. The molecule has 3 N–H and O–H groups in total. The number of anilines is 2. The van der Waals surface area contributed by atoms with Crippen LogP contribution in [0.4, 0.5) is 10.8 Å². The molecule has 1 amide bonds. The van der Waals surface area contributed by atoms with Gasteiger partial charge in [-0.2, -0.15) is 0 Å². The van der Waals surface area contributed by atoms with Crippen molar-refractivity contribution in [1.82, 2.24) is 4.98 Å². The fraction of sp³-hybridized carbons (Fsp3) is 0.176. The highest BCUT2D eigenvalue weighted by Crippen LogP contribution is 2.33. The van der Waals surface area contributed by atoms with Crippen molar-refractivity contribution in [2.75, 3.05) is 11.1 Å². The Bertz CT molecular complexity index is 939. The van der Waals surface area contributed by atoms with Crippen LogP contribution >= 0.6 is 34.5 Å². The number of benzene rings is 2. The number of carbonyl (C=O) groups excluding carboxylic acids is 1. The lowest BCUT2D eigenvalue weighted by molar-refractivity contribution is -0.128. The summed E-state index contributed by atoms with van der Waals surface area (Å²) >= 11 is 13.4. The predicted molar refractivity (Wildman–Crippen MR) is 104 cm³/mol. The van der Waals surface area contributed by atoms with Gasteiger partial charge in [-0.15, -0.1) is 0 Å². The number of rotatable bonds is 4. The number of hydrogen-bond donors (Lipinski definition) is 2. The van der Waals surface area contributed by atoms with Crippen LogP contribution in [-0.2, 0) is 4.79 Å². The molecule has 1 heterocycles. The lowest BCUT2D eigenvalue weighted by Crippen LogP contribution is -2.42. The van der Waals surface area contributed by atoms with Crippen LogP contribution < -0.4 is 15.8 Å². The highest BCUT2D eigenvalue weighted by atomic mass is 35.5. The van der Waals surface area contributed by atoms with Crippen molar-refractivity contribution in [3.63, 3.8) is 0 Å². The summed E-state index contributed by atoms with van der Waals surface area (Å²) in [5, 5.41) is 4.27. The first-order chi connectivity index (χ1) is 11.7. The van der Waals surface area contributed by atoms with Crippen LogP contribution in [0, 0.1) is 0 Å². The normalized spacial score (nSPS) is 11.5. The maximum absolute atomic E-state index is 12.6. The van der Waals surface area contributed by atoms with E-state index in [9.17, 15) is 4.79 Å². The highest BCUT2D eigenvalue weighted by molar-refractivity contribution is 7.22. The van der Waals surface area contributed by atoms with Gasteiger partial charge < -0.3 is 15.8 Å². The minimum absolute atomic E-state index is 0.310. The Labute approximate surface area is 158 Å². The molecule has 130 valence electrons. The van der Waals surface area contributed by atoms with E-state index >= 15 is 0 Å². The third-order valence-electron chi connectivity index (χ3n) is 3.46. The zero-order valence-electron chi connectivity index (χ0n) is 13.5. The summed E-state index contributed by atoms with van der Waals surface area (Å²) in [5.74, 6) is 0.239. The molecule has 8 heteroatoms. The molecule has 25 heavy (non-hydrogen) atoms. The topological polar surface area (TPSA) is 77.2 Å². The number of carbonyl (C=O) groups is 1. The first kappa shape index (κ1) is 17.8. The summed E-state index contributed by atoms with van der Waals surface area (Å²) in [6.07, 6.45) is 0. The summed E-state index contributed by atoms with van der Waals surface area (Å²) in [4.78, 5) is 16.8. The average molecular weight is 396 g/mol. The molecule has 0 saturated heterocycles. The summed E-state index contributed by atoms with van der Waals surface area (Å²) in [7, 11) is 0. The van der Waals surface area contributed by atoms with Crippen LogP contribution in [-0.4, -0.2) is 16.5 Å². The molecular formula is C17H15Cl2N3O2S. The number of thiazole rings is 1. The van der Waals surface area contributed by atoms with Crippen LogP contribution in [0.15, 0.2) is 36.4 Å². The number of nitrogens with two attached hydrogens (primary N) is 1. The van der Waals surface area contributed by atoms with Gasteiger partial charge in [0.1, 0.15) is 11.3 Å². The third-order valence-corrected chi connectivity index (χ3v) is 4.83. The fourth-order valence-corrected chi connectivity index (χ4v) is 3.45. The molecule has 1 aromatic heterocycles. The lowest BCUT2D eigenvalue weighted by Gasteiger charge is -2.25. The minimum Gasteiger partial charge on any atom is -0.478 e. The number of nitrogen functional groups attached to an aromatic ring is 1. The molecule has 0 atom stereocenters. The Hall–Kier alpha value is -2.02. The molecule has 0 aliphatic carbocycles. The smallest absolute Gasteiger partial charge is 0.267 e. The third kappa shape index (κ3) is 3.98. The van der Waals surface area contributed by atoms with Crippen molar-refractivity contribution in [2.45, 2.75) is 19.4 Å². The molecule has 0 bridgehead atoms. The van der Waals surface area contributed by atoms with Gasteiger partial charge in [-0.25, -0.2) is 4.98 Å². The number of amides is 1. The van der Waals surface area contributed by atoms with Gasteiger partial charge in [0.2, 0.25) is 0 Å². The van der Waals surface area contributed by atoms with E-state index in [1.54, 1.807) is 50.2 Å². The van der Waals surface area contributed by atoms with E-state index in [-0.39, 0.29) is 5.91 Å². The van der Waals surface area contributed by atoms with Crippen LogP contribution in [0.3, 0.4) is 0 Å². The number of nitrogens with one attached hydrogen (secondary N) is 1. The Balaban J connectivity index is 1.79. The van der Waals surface area contributed by atoms with Crippen molar-refractivity contribution in [3.8, 4) is 5.75 Å². The average Bonchev–Trinajstić information content (AvgIpc) is 2.90. The first-order valence-corrected chi connectivity index (χ1v) is 8.93. The number of hydrogen-bond acceptors (Lipinski definition) is 5. The summed E-state index contributed by atoms with van der Waals surface area (Å²) in [5.41, 5.74) is 5.79. The van der Waals surface area contributed by atoms with E-state index < -0.39 is 5.60 Å². The maximum Gasteiger partial charge on any atom is 0.267 e.